The molecule has 2 aromatic carbocycles. The van der Waals surface area contributed by atoms with Crippen LogP contribution in [0.3, 0.4) is 0 Å². The zero-order valence-corrected chi connectivity index (χ0v) is 12.5. The van der Waals surface area contributed by atoms with Crippen molar-refractivity contribution in [2.75, 3.05) is 11.6 Å². The van der Waals surface area contributed by atoms with Crippen molar-refractivity contribution in [3.8, 4) is 0 Å². The van der Waals surface area contributed by atoms with Gasteiger partial charge in [-0.1, -0.05) is 41.4 Å². The Morgan fingerprint density at radius 2 is 1.71 bits per heavy atom. The molecule has 21 heavy (non-hydrogen) atoms. The summed E-state index contributed by atoms with van der Waals surface area (Å²) in [6.07, 6.45) is 1.80. The number of hydrogen-bond acceptors (Lipinski definition) is 2. The van der Waals surface area contributed by atoms with Crippen LogP contribution in [0.1, 0.15) is 5.56 Å². The molecule has 0 unspecified atom stereocenters. The van der Waals surface area contributed by atoms with E-state index in [-0.39, 0.29) is 5.91 Å². The highest BCUT2D eigenvalue weighted by atomic mass is 35.5. The molecule has 5 heteroatoms. The van der Waals surface area contributed by atoms with Crippen molar-refractivity contribution in [1.82, 2.24) is 5.43 Å². The molecule has 1 aliphatic rings. The summed E-state index contributed by atoms with van der Waals surface area (Å²) in [6.45, 7) is 0.470. The number of amides is 1. The van der Waals surface area contributed by atoms with Crippen LogP contribution in [0, 0.1) is 0 Å². The van der Waals surface area contributed by atoms with Crippen molar-refractivity contribution in [1.29, 1.82) is 0 Å². The molecule has 3 rings (SSSR count). The van der Waals surface area contributed by atoms with Gasteiger partial charge < -0.3 is 0 Å². The van der Waals surface area contributed by atoms with Gasteiger partial charge in [0.05, 0.1) is 5.69 Å². The Kier molecular flexibility index (Phi) is 3.97. The first kappa shape index (κ1) is 14.1. The van der Waals surface area contributed by atoms with Crippen molar-refractivity contribution in [3.05, 3.63) is 69.7 Å². The van der Waals surface area contributed by atoms with Gasteiger partial charge in [0.15, 0.2) is 0 Å². The third kappa shape index (κ3) is 3.10. The number of anilines is 1. The normalized spacial score (nSPS) is 16.8. The average molecular weight is 319 g/mol. The second-order valence-corrected chi connectivity index (χ2v) is 5.56. The first-order valence-corrected chi connectivity index (χ1v) is 7.19. The summed E-state index contributed by atoms with van der Waals surface area (Å²) in [4.78, 5) is 12.4. The molecule has 0 aliphatic carbocycles. The van der Waals surface area contributed by atoms with E-state index in [0.717, 1.165) is 11.3 Å². The number of halogens is 2. The average Bonchev–Trinajstić information content (AvgIpc) is 2.80. The zero-order chi connectivity index (χ0) is 14.8. The van der Waals surface area contributed by atoms with Crippen LogP contribution < -0.4 is 10.4 Å². The molecule has 0 saturated carbocycles. The number of carbonyl (C=O) groups is 1. The molecule has 0 bridgehead atoms. The molecule has 3 nitrogen and oxygen atoms in total. The fourth-order valence-corrected chi connectivity index (χ4v) is 2.76. The molecule has 1 fully saturated rings. The molecule has 1 heterocycles. The van der Waals surface area contributed by atoms with Crippen LogP contribution in [0.5, 0.6) is 0 Å². The van der Waals surface area contributed by atoms with Gasteiger partial charge in [-0.15, -0.1) is 0 Å². The molecule has 1 aliphatic heterocycles. The molecule has 0 radical (unpaired) electrons. The first-order chi connectivity index (χ1) is 10.1. The minimum Gasteiger partial charge on any atom is -0.268 e. The number of benzene rings is 2. The predicted octanol–water partition coefficient (Wildman–Crippen LogP) is 3.93. The Hall–Kier alpha value is -1.81. The number of para-hydroxylation sites is 1. The second kappa shape index (κ2) is 5.90. The van der Waals surface area contributed by atoms with E-state index in [4.69, 9.17) is 23.2 Å². The smallest absolute Gasteiger partial charge is 0.268 e. The quantitative estimate of drug-likeness (QED) is 0.851. The Balaban J connectivity index is 1.88. The monoisotopic (exact) mass is 318 g/mol. The maximum atomic E-state index is 12.4. The summed E-state index contributed by atoms with van der Waals surface area (Å²) in [5.41, 5.74) is 5.36. The Labute approximate surface area is 132 Å². The summed E-state index contributed by atoms with van der Waals surface area (Å²) in [6, 6.07) is 14.7. The van der Waals surface area contributed by atoms with Crippen molar-refractivity contribution in [2.45, 2.75) is 0 Å². The lowest BCUT2D eigenvalue weighted by molar-refractivity contribution is -0.114. The molecule has 106 valence electrons. The lowest BCUT2D eigenvalue weighted by atomic mass is 10.1. The van der Waals surface area contributed by atoms with E-state index >= 15 is 0 Å². The standard InChI is InChI=1S/C16H12Cl2N2O/c17-13-7-11(8-14(18)9-13)6-12-10-19-20(16(12)21)15-4-2-1-3-5-15/h1-9,19H,10H2/b12-6+. The van der Waals surface area contributed by atoms with Crippen LogP contribution in [-0.4, -0.2) is 12.5 Å². The van der Waals surface area contributed by atoms with E-state index in [1.54, 1.807) is 24.3 Å². The van der Waals surface area contributed by atoms with Crippen molar-refractivity contribution in [2.24, 2.45) is 0 Å². The summed E-state index contributed by atoms with van der Waals surface area (Å²) in [5, 5.41) is 2.64. The van der Waals surface area contributed by atoms with Crippen LogP contribution in [0.25, 0.3) is 6.08 Å². The van der Waals surface area contributed by atoms with Gasteiger partial charge in [0.1, 0.15) is 0 Å². The highest BCUT2D eigenvalue weighted by Gasteiger charge is 2.26. The number of nitrogens with zero attached hydrogens (tertiary/aromatic N) is 1. The molecule has 0 spiro atoms. The van der Waals surface area contributed by atoms with Crippen molar-refractivity contribution >= 4 is 40.9 Å². The number of rotatable bonds is 2. The lowest BCUT2D eigenvalue weighted by Gasteiger charge is -2.14. The topological polar surface area (TPSA) is 32.3 Å². The molecule has 0 atom stereocenters. The fraction of sp³-hybridized carbons (Fsp3) is 0.0625. The van der Waals surface area contributed by atoms with E-state index in [2.05, 4.69) is 5.43 Å². The van der Waals surface area contributed by atoms with E-state index in [9.17, 15) is 4.79 Å². The van der Waals surface area contributed by atoms with Gasteiger partial charge >= 0.3 is 0 Å². The summed E-state index contributed by atoms with van der Waals surface area (Å²) in [5.74, 6) is -0.0719. The van der Waals surface area contributed by atoms with Gasteiger partial charge in [-0.25, -0.2) is 10.4 Å². The summed E-state index contributed by atoms with van der Waals surface area (Å²) < 4.78 is 0. The third-order valence-corrected chi connectivity index (χ3v) is 3.58. The van der Waals surface area contributed by atoms with Crippen LogP contribution >= 0.6 is 23.2 Å². The maximum absolute atomic E-state index is 12.4. The number of hydrazine groups is 1. The molecular formula is C16H12Cl2N2O. The highest BCUT2D eigenvalue weighted by molar-refractivity contribution is 6.34. The van der Waals surface area contributed by atoms with Crippen LogP contribution in [0.15, 0.2) is 54.1 Å². The first-order valence-electron chi connectivity index (χ1n) is 6.43. The predicted molar refractivity (Wildman–Crippen MR) is 86.4 cm³/mol. The van der Waals surface area contributed by atoms with E-state index in [1.807, 2.05) is 30.3 Å². The Morgan fingerprint density at radius 3 is 2.38 bits per heavy atom. The van der Waals surface area contributed by atoms with E-state index in [0.29, 0.717) is 22.2 Å². The SMILES string of the molecule is O=C1/C(=C/c2cc(Cl)cc(Cl)c2)CNN1c1ccccc1. The molecule has 1 saturated heterocycles. The van der Waals surface area contributed by atoms with Gasteiger partial charge in [0, 0.05) is 22.2 Å². The minimum absolute atomic E-state index is 0.0719. The molecule has 1 N–H and O–H groups in total. The Bertz CT molecular complexity index is 693. The van der Waals surface area contributed by atoms with E-state index in [1.165, 1.54) is 5.01 Å². The molecule has 2 aromatic rings. The maximum Gasteiger partial charge on any atom is 0.269 e. The molecule has 0 aromatic heterocycles. The fourth-order valence-electron chi connectivity index (χ4n) is 2.21. The zero-order valence-electron chi connectivity index (χ0n) is 11.0. The van der Waals surface area contributed by atoms with Gasteiger partial charge in [-0.2, -0.15) is 0 Å². The summed E-state index contributed by atoms with van der Waals surface area (Å²) in [7, 11) is 0. The van der Waals surface area contributed by atoms with Crippen LogP contribution in [0.4, 0.5) is 5.69 Å². The highest BCUT2D eigenvalue weighted by Crippen LogP contribution is 2.23. The number of carbonyl (C=O) groups excluding carboxylic acids is 1. The van der Waals surface area contributed by atoms with Crippen LogP contribution in [-0.2, 0) is 4.79 Å². The summed E-state index contributed by atoms with van der Waals surface area (Å²) >= 11 is 11.9. The third-order valence-electron chi connectivity index (χ3n) is 3.15. The van der Waals surface area contributed by atoms with Crippen LogP contribution in [0.2, 0.25) is 10.0 Å². The van der Waals surface area contributed by atoms with Crippen molar-refractivity contribution in [3.63, 3.8) is 0 Å². The van der Waals surface area contributed by atoms with Gasteiger partial charge in [0.25, 0.3) is 5.91 Å². The molecule has 1 amide bonds. The minimum atomic E-state index is -0.0719. The molecular weight excluding hydrogens is 307 g/mol. The lowest BCUT2D eigenvalue weighted by Crippen LogP contribution is -2.33. The van der Waals surface area contributed by atoms with Gasteiger partial charge in [-0.05, 0) is 42.0 Å². The second-order valence-electron chi connectivity index (χ2n) is 4.68. The van der Waals surface area contributed by atoms with E-state index < -0.39 is 0 Å². The number of nitrogens with one attached hydrogen (secondary N) is 1. The van der Waals surface area contributed by atoms with Gasteiger partial charge in [-0.3, -0.25) is 4.79 Å². The van der Waals surface area contributed by atoms with Gasteiger partial charge in [0.2, 0.25) is 0 Å². The largest absolute Gasteiger partial charge is 0.269 e. The number of hydrogen-bond donors (Lipinski definition) is 1. The Morgan fingerprint density at radius 1 is 1.05 bits per heavy atom. The van der Waals surface area contributed by atoms with Crippen molar-refractivity contribution < 1.29 is 4.79 Å².